The van der Waals surface area contributed by atoms with Gasteiger partial charge in [-0.1, -0.05) is 33.3 Å². The summed E-state index contributed by atoms with van der Waals surface area (Å²) >= 11 is 0. The Kier molecular flexibility index (Phi) is 9.54. The molecule has 298 valence electrons. The molecule has 0 spiro atoms. The number of allylic oxidation sites excluding steroid dienone is 2. The number of likely N-dealkylation sites (tertiary alicyclic amines) is 1. The maximum atomic E-state index is 15.0. The van der Waals surface area contributed by atoms with Crippen molar-refractivity contribution in [3.8, 4) is 0 Å². The standard InChI is InChI=1S/C43H61NO10/c1-9-51-34(46)26-12-20-44(21-13-26)32-11-14-40(5)31(43(32,8)36(49)52-24-30-25(2)53-37(50)54-30)10-15-42(7)33(40)29(45)22-27-28-23-39(4,35(47)48)17-16-38(28,3)18-19-41(27,42)6/h22,26,28,31-33H,9-21,23-24H2,1-8H3,(H,47,48)/t28-,31?,32-,33+,38+,39-,40-,41+,42+,43-/m0/s1. The third kappa shape index (κ3) is 5.62. The Labute approximate surface area is 318 Å². The highest BCUT2D eigenvalue weighted by Crippen LogP contribution is 2.75. The predicted molar refractivity (Wildman–Crippen MR) is 198 cm³/mol. The lowest BCUT2D eigenvalue weighted by atomic mass is 9.33. The van der Waals surface area contributed by atoms with Gasteiger partial charge in [0.1, 0.15) is 0 Å². The van der Waals surface area contributed by atoms with Crippen molar-refractivity contribution < 1.29 is 42.6 Å². The van der Waals surface area contributed by atoms with Gasteiger partial charge in [0.25, 0.3) is 0 Å². The van der Waals surface area contributed by atoms with Crippen molar-refractivity contribution in [2.24, 2.45) is 56.2 Å². The van der Waals surface area contributed by atoms with Gasteiger partial charge in [-0.05, 0) is 151 Å². The average Bonchev–Trinajstić information content (AvgIpc) is 3.44. The van der Waals surface area contributed by atoms with Crippen LogP contribution in [0.4, 0.5) is 0 Å². The molecule has 5 aliphatic carbocycles. The van der Waals surface area contributed by atoms with E-state index in [1.165, 1.54) is 0 Å². The van der Waals surface area contributed by atoms with Crippen molar-refractivity contribution in [3.05, 3.63) is 33.8 Å². The minimum Gasteiger partial charge on any atom is -0.481 e. The molecule has 11 nitrogen and oxygen atoms in total. The summed E-state index contributed by atoms with van der Waals surface area (Å²) in [7, 11) is 0. The molecule has 6 aliphatic rings. The van der Waals surface area contributed by atoms with Crippen molar-refractivity contribution in [1.82, 2.24) is 4.90 Å². The summed E-state index contributed by atoms with van der Waals surface area (Å²) in [6, 6.07) is -0.181. The monoisotopic (exact) mass is 751 g/mol. The smallest absolute Gasteiger partial charge is 0.481 e. The normalized spacial score (nSPS) is 42.4. The van der Waals surface area contributed by atoms with Crippen LogP contribution in [0.5, 0.6) is 0 Å². The van der Waals surface area contributed by atoms with Gasteiger partial charge in [0.2, 0.25) is 0 Å². The van der Waals surface area contributed by atoms with Crippen LogP contribution in [-0.2, 0) is 35.3 Å². The molecule has 0 amide bonds. The van der Waals surface area contributed by atoms with Gasteiger partial charge in [0, 0.05) is 12.0 Å². The van der Waals surface area contributed by atoms with E-state index in [2.05, 4.69) is 32.6 Å². The molecule has 4 saturated carbocycles. The molecule has 0 bridgehead atoms. The molecule has 54 heavy (non-hydrogen) atoms. The largest absolute Gasteiger partial charge is 0.519 e. The Morgan fingerprint density at radius 2 is 1.57 bits per heavy atom. The molecule has 1 saturated heterocycles. The zero-order chi connectivity index (χ0) is 39.2. The highest BCUT2D eigenvalue weighted by Gasteiger charge is 2.72. The molecular weight excluding hydrogens is 690 g/mol. The molecule has 11 heteroatoms. The molecule has 1 aromatic rings. The maximum absolute atomic E-state index is 15.0. The quantitative estimate of drug-likeness (QED) is 0.280. The van der Waals surface area contributed by atoms with E-state index in [0.29, 0.717) is 51.8 Å². The number of piperidine rings is 1. The molecule has 2 heterocycles. The van der Waals surface area contributed by atoms with E-state index in [4.69, 9.17) is 18.3 Å². The predicted octanol–water partition coefficient (Wildman–Crippen LogP) is 7.27. The van der Waals surface area contributed by atoms with E-state index in [1.54, 1.807) is 6.92 Å². The molecule has 0 aromatic carbocycles. The SMILES string of the molecule is CCOC(=O)C1CCN([C@H]2CC[C@@]3(C)C(CC[C@]4(C)[C@@H]3C(=O)C=C3[C@@H]5C[C@@](C)(C(=O)O)CC[C@]5(C)CC[C@]34C)[C@]2(C)C(=O)OCc2oc(=O)oc2C)CC1. The number of carboxylic acids is 1. The zero-order valence-electron chi connectivity index (χ0n) is 33.6. The number of hydrogen-bond acceptors (Lipinski definition) is 10. The fraction of sp³-hybridized carbons (Fsp3) is 0.791. The van der Waals surface area contributed by atoms with Gasteiger partial charge in [0.05, 0.1) is 23.4 Å². The van der Waals surface area contributed by atoms with Gasteiger partial charge in [-0.15, -0.1) is 0 Å². The van der Waals surface area contributed by atoms with Crippen LogP contribution in [0.3, 0.4) is 0 Å². The van der Waals surface area contributed by atoms with Crippen LogP contribution in [0.25, 0.3) is 0 Å². The first kappa shape index (κ1) is 39.0. The number of fused-ring (bicyclic) bond motifs is 7. The fourth-order valence-corrected chi connectivity index (χ4v) is 13.4. The third-order valence-electron chi connectivity index (χ3n) is 16.9. The first-order valence-electron chi connectivity index (χ1n) is 20.4. The lowest BCUT2D eigenvalue weighted by Crippen LogP contribution is -2.70. The summed E-state index contributed by atoms with van der Waals surface area (Å²) < 4.78 is 21.7. The number of esters is 2. The number of aliphatic carboxylic acids is 1. The molecule has 0 radical (unpaired) electrons. The average molecular weight is 752 g/mol. The number of carbonyl (C=O) groups excluding carboxylic acids is 3. The molecule has 1 N–H and O–H groups in total. The number of carboxylic acid groups (broad SMARTS) is 1. The number of ether oxygens (including phenoxy) is 2. The van der Waals surface area contributed by atoms with Crippen LogP contribution in [0, 0.1) is 63.1 Å². The first-order chi connectivity index (χ1) is 25.3. The second-order valence-corrected chi connectivity index (χ2v) is 19.5. The third-order valence-corrected chi connectivity index (χ3v) is 16.9. The topological polar surface area (TPSA) is 154 Å². The molecule has 5 fully saturated rings. The molecule has 7 rings (SSSR count). The molecule has 1 unspecified atom stereocenters. The van der Waals surface area contributed by atoms with Crippen molar-refractivity contribution >= 4 is 23.7 Å². The van der Waals surface area contributed by atoms with E-state index in [0.717, 1.165) is 44.1 Å². The van der Waals surface area contributed by atoms with Crippen molar-refractivity contribution in [2.75, 3.05) is 19.7 Å². The van der Waals surface area contributed by atoms with Gasteiger partial charge in [-0.3, -0.25) is 24.1 Å². The van der Waals surface area contributed by atoms with Crippen molar-refractivity contribution in [2.45, 2.75) is 139 Å². The van der Waals surface area contributed by atoms with Gasteiger partial charge < -0.3 is 23.4 Å². The van der Waals surface area contributed by atoms with Crippen LogP contribution >= 0.6 is 0 Å². The van der Waals surface area contributed by atoms with Crippen LogP contribution in [0.15, 0.2) is 25.3 Å². The van der Waals surface area contributed by atoms with E-state index in [1.807, 2.05) is 26.8 Å². The van der Waals surface area contributed by atoms with E-state index in [-0.39, 0.29) is 81.8 Å². The number of rotatable bonds is 7. The molecule has 1 aliphatic heterocycles. The summed E-state index contributed by atoms with van der Waals surface area (Å²) in [5, 5.41) is 10.3. The van der Waals surface area contributed by atoms with Crippen molar-refractivity contribution in [1.29, 1.82) is 0 Å². The first-order valence-corrected chi connectivity index (χ1v) is 20.4. The van der Waals surface area contributed by atoms with Gasteiger partial charge in [-0.25, -0.2) is 4.79 Å². The Bertz CT molecular complexity index is 1800. The number of hydrogen-bond donors (Lipinski definition) is 1. The Morgan fingerprint density at radius 3 is 2.20 bits per heavy atom. The summed E-state index contributed by atoms with van der Waals surface area (Å²) in [6.07, 6.45) is 10.2. The van der Waals surface area contributed by atoms with E-state index < -0.39 is 28.0 Å². The fourth-order valence-electron chi connectivity index (χ4n) is 13.4. The van der Waals surface area contributed by atoms with Crippen LogP contribution < -0.4 is 5.82 Å². The number of nitrogens with zero attached hydrogens (tertiary/aromatic N) is 1. The highest BCUT2D eigenvalue weighted by atomic mass is 16.6. The van der Waals surface area contributed by atoms with Gasteiger partial charge >= 0.3 is 23.7 Å². The Morgan fingerprint density at radius 1 is 0.889 bits per heavy atom. The lowest BCUT2D eigenvalue weighted by molar-refractivity contribution is -0.213. The highest BCUT2D eigenvalue weighted by molar-refractivity contribution is 5.96. The van der Waals surface area contributed by atoms with Crippen LogP contribution in [0.2, 0.25) is 0 Å². The van der Waals surface area contributed by atoms with Gasteiger partial charge in [-0.2, -0.15) is 0 Å². The maximum Gasteiger partial charge on any atom is 0.519 e. The number of ketones is 1. The lowest BCUT2D eigenvalue weighted by Gasteiger charge is -2.71. The minimum absolute atomic E-state index is 0.0262. The summed E-state index contributed by atoms with van der Waals surface area (Å²) in [4.78, 5) is 69.2. The van der Waals surface area contributed by atoms with E-state index in [9.17, 15) is 24.3 Å². The number of carbonyl (C=O) groups is 4. The summed E-state index contributed by atoms with van der Waals surface area (Å²) in [6.45, 7) is 17.9. The second-order valence-electron chi connectivity index (χ2n) is 19.5. The van der Waals surface area contributed by atoms with Crippen molar-refractivity contribution in [3.63, 3.8) is 0 Å². The molecule has 1 aromatic heterocycles. The zero-order valence-corrected chi connectivity index (χ0v) is 33.6. The van der Waals surface area contributed by atoms with Crippen LogP contribution in [0.1, 0.15) is 131 Å². The van der Waals surface area contributed by atoms with E-state index >= 15 is 4.79 Å². The number of aryl methyl sites for hydroxylation is 1. The Balaban J connectivity index is 1.25. The molecular formula is C43H61NO10. The minimum atomic E-state index is -1.01. The second kappa shape index (κ2) is 13.2. The Hall–Kier alpha value is -3.21. The summed E-state index contributed by atoms with van der Waals surface area (Å²) in [5.74, 6) is -2.24. The van der Waals surface area contributed by atoms with Crippen LogP contribution in [-0.4, -0.2) is 59.4 Å². The molecule has 10 atom stereocenters. The van der Waals surface area contributed by atoms with Gasteiger partial charge in [0.15, 0.2) is 23.9 Å². The summed E-state index contributed by atoms with van der Waals surface area (Å²) in [5.41, 5.74) is -1.92.